The molecule has 1 unspecified atom stereocenters. The molecule has 0 saturated heterocycles. The van der Waals surface area contributed by atoms with Crippen molar-refractivity contribution in [1.29, 1.82) is 0 Å². The summed E-state index contributed by atoms with van der Waals surface area (Å²) in [5.74, 6) is -0.0871. The molecule has 2 aromatic carbocycles. The van der Waals surface area contributed by atoms with Gasteiger partial charge in [-0.05, 0) is 30.2 Å². The van der Waals surface area contributed by atoms with E-state index in [1.54, 1.807) is 17.4 Å². The summed E-state index contributed by atoms with van der Waals surface area (Å²) in [7, 11) is 0. The third-order valence-corrected chi connectivity index (χ3v) is 4.88. The van der Waals surface area contributed by atoms with Gasteiger partial charge in [0.15, 0.2) is 0 Å². The van der Waals surface area contributed by atoms with Crippen LogP contribution in [0.3, 0.4) is 0 Å². The van der Waals surface area contributed by atoms with Gasteiger partial charge in [0.25, 0.3) is 0 Å². The maximum Gasteiger partial charge on any atom is 0.416 e. The Morgan fingerprint density at radius 3 is 2.57 bits per heavy atom. The zero-order chi connectivity index (χ0) is 16.4. The average Bonchev–Trinajstić information content (AvgIpc) is 2.96. The summed E-state index contributed by atoms with van der Waals surface area (Å²) in [6, 6.07) is 13.2. The van der Waals surface area contributed by atoms with Crippen LogP contribution in [0.25, 0.3) is 10.2 Å². The second kappa shape index (κ2) is 6.29. The molecule has 0 amide bonds. The zero-order valence-corrected chi connectivity index (χ0v) is 13.0. The van der Waals surface area contributed by atoms with Crippen LogP contribution in [0.2, 0.25) is 0 Å². The molecule has 23 heavy (non-hydrogen) atoms. The van der Waals surface area contributed by atoms with Crippen LogP contribution in [-0.2, 0) is 12.6 Å². The molecule has 0 bridgehead atoms. The number of rotatable bonds is 4. The predicted molar refractivity (Wildman–Crippen MR) is 86.6 cm³/mol. The van der Waals surface area contributed by atoms with Gasteiger partial charge < -0.3 is 5.73 Å². The Hall–Kier alpha value is -1.92. The van der Waals surface area contributed by atoms with Gasteiger partial charge in [-0.2, -0.15) is 13.2 Å². The number of nitrogens with two attached hydrogens (primary N) is 1. The average molecular weight is 336 g/mol. The first kappa shape index (κ1) is 16.0. The monoisotopic (exact) mass is 336 g/mol. The first-order valence-electron chi connectivity index (χ1n) is 7.19. The summed E-state index contributed by atoms with van der Waals surface area (Å²) in [5.41, 5.74) is 6.73. The molecule has 0 aliphatic carbocycles. The van der Waals surface area contributed by atoms with Gasteiger partial charge in [0.05, 0.1) is 20.8 Å². The smallest absolute Gasteiger partial charge is 0.330 e. The summed E-state index contributed by atoms with van der Waals surface area (Å²) < 4.78 is 39.5. The third kappa shape index (κ3) is 3.54. The summed E-state index contributed by atoms with van der Waals surface area (Å²) in [6.45, 7) is 0.343. The highest BCUT2D eigenvalue weighted by atomic mass is 32.1. The molecular formula is C17H15F3N2S. The van der Waals surface area contributed by atoms with Gasteiger partial charge in [-0.15, -0.1) is 11.3 Å². The van der Waals surface area contributed by atoms with Gasteiger partial charge in [-0.1, -0.05) is 30.3 Å². The standard InChI is InChI=1S/C17H15F3N2S/c18-17(19,20)13-5-3-4-11(9-13)8-12(10-21)16-22-14-6-1-2-7-15(14)23-16/h1-7,9,12H,8,10,21H2. The number of hydrogen-bond donors (Lipinski definition) is 1. The molecular weight excluding hydrogens is 321 g/mol. The number of halogens is 3. The number of alkyl halides is 3. The fourth-order valence-electron chi connectivity index (χ4n) is 2.50. The normalized spacial score (nSPS) is 13.4. The van der Waals surface area contributed by atoms with Crippen molar-refractivity contribution < 1.29 is 13.2 Å². The van der Waals surface area contributed by atoms with Gasteiger partial charge in [0.2, 0.25) is 0 Å². The summed E-state index contributed by atoms with van der Waals surface area (Å²) in [4.78, 5) is 4.57. The van der Waals surface area contributed by atoms with E-state index >= 15 is 0 Å². The maximum atomic E-state index is 12.8. The molecule has 120 valence electrons. The highest BCUT2D eigenvalue weighted by Crippen LogP contribution is 2.32. The Kier molecular flexibility index (Phi) is 4.37. The topological polar surface area (TPSA) is 38.9 Å². The Bertz CT molecular complexity index is 778. The maximum absolute atomic E-state index is 12.8. The lowest BCUT2D eigenvalue weighted by molar-refractivity contribution is -0.137. The van der Waals surface area contributed by atoms with Crippen molar-refractivity contribution in [2.24, 2.45) is 5.73 Å². The van der Waals surface area contributed by atoms with Crippen molar-refractivity contribution >= 4 is 21.6 Å². The molecule has 1 atom stereocenters. The largest absolute Gasteiger partial charge is 0.416 e. The van der Waals surface area contributed by atoms with Crippen LogP contribution in [0.4, 0.5) is 13.2 Å². The van der Waals surface area contributed by atoms with Crippen LogP contribution in [0.1, 0.15) is 22.1 Å². The van der Waals surface area contributed by atoms with Gasteiger partial charge in [0, 0.05) is 12.5 Å². The fourth-order valence-corrected chi connectivity index (χ4v) is 3.58. The molecule has 2 N–H and O–H groups in total. The van der Waals surface area contributed by atoms with Crippen molar-refractivity contribution in [3.05, 3.63) is 64.7 Å². The first-order valence-corrected chi connectivity index (χ1v) is 8.00. The molecule has 6 heteroatoms. The van der Waals surface area contributed by atoms with E-state index in [-0.39, 0.29) is 5.92 Å². The van der Waals surface area contributed by atoms with Crippen molar-refractivity contribution in [2.75, 3.05) is 6.54 Å². The van der Waals surface area contributed by atoms with Crippen molar-refractivity contribution in [3.63, 3.8) is 0 Å². The molecule has 1 heterocycles. The number of thiazole rings is 1. The number of hydrogen-bond acceptors (Lipinski definition) is 3. The Labute approximate surface area is 135 Å². The molecule has 1 aromatic heterocycles. The summed E-state index contributed by atoms with van der Waals surface area (Å²) in [6.07, 6.45) is -3.88. The number of para-hydroxylation sites is 1. The Morgan fingerprint density at radius 1 is 1.09 bits per heavy atom. The number of aromatic nitrogens is 1. The van der Waals surface area contributed by atoms with E-state index in [2.05, 4.69) is 4.98 Å². The lowest BCUT2D eigenvalue weighted by Crippen LogP contribution is -2.15. The number of benzene rings is 2. The summed E-state index contributed by atoms with van der Waals surface area (Å²) in [5, 5.41) is 0.867. The third-order valence-electron chi connectivity index (χ3n) is 3.68. The number of nitrogens with zero attached hydrogens (tertiary/aromatic N) is 1. The Morgan fingerprint density at radius 2 is 1.87 bits per heavy atom. The molecule has 0 spiro atoms. The molecule has 0 aliphatic heterocycles. The van der Waals surface area contributed by atoms with E-state index in [1.807, 2.05) is 24.3 Å². The van der Waals surface area contributed by atoms with Gasteiger partial charge in [0.1, 0.15) is 0 Å². The van der Waals surface area contributed by atoms with Crippen molar-refractivity contribution in [1.82, 2.24) is 4.98 Å². The quantitative estimate of drug-likeness (QED) is 0.756. The molecule has 0 aliphatic rings. The van der Waals surface area contributed by atoms with Crippen molar-refractivity contribution in [3.8, 4) is 0 Å². The lowest BCUT2D eigenvalue weighted by Gasteiger charge is -2.13. The van der Waals surface area contributed by atoms with Crippen LogP contribution in [-0.4, -0.2) is 11.5 Å². The van der Waals surface area contributed by atoms with Crippen LogP contribution >= 0.6 is 11.3 Å². The van der Waals surface area contributed by atoms with Crippen LogP contribution in [0, 0.1) is 0 Å². The minimum Gasteiger partial charge on any atom is -0.330 e. The summed E-state index contributed by atoms with van der Waals surface area (Å²) >= 11 is 1.55. The van der Waals surface area contributed by atoms with E-state index in [0.29, 0.717) is 18.5 Å². The van der Waals surface area contributed by atoms with Crippen LogP contribution < -0.4 is 5.73 Å². The highest BCUT2D eigenvalue weighted by Gasteiger charge is 2.30. The second-order valence-corrected chi connectivity index (χ2v) is 6.42. The van der Waals surface area contributed by atoms with Crippen LogP contribution in [0.5, 0.6) is 0 Å². The molecule has 0 fully saturated rings. The van der Waals surface area contributed by atoms with Gasteiger partial charge >= 0.3 is 6.18 Å². The minimum atomic E-state index is -4.33. The second-order valence-electron chi connectivity index (χ2n) is 5.35. The van der Waals surface area contributed by atoms with E-state index in [9.17, 15) is 13.2 Å². The first-order chi connectivity index (χ1) is 11.0. The fraction of sp³-hybridized carbons (Fsp3) is 0.235. The van der Waals surface area contributed by atoms with Crippen molar-refractivity contribution in [2.45, 2.75) is 18.5 Å². The van der Waals surface area contributed by atoms with E-state index in [4.69, 9.17) is 5.73 Å². The molecule has 0 saturated carbocycles. The van der Waals surface area contributed by atoms with Gasteiger partial charge in [-0.3, -0.25) is 0 Å². The predicted octanol–water partition coefficient (Wildman–Crippen LogP) is 4.60. The molecule has 3 aromatic rings. The highest BCUT2D eigenvalue weighted by molar-refractivity contribution is 7.18. The van der Waals surface area contributed by atoms with E-state index in [0.717, 1.165) is 21.3 Å². The van der Waals surface area contributed by atoms with Gasteiger partial charge in [-0.25, -0.2) is 4.98 Å². The van der Waals surface area contributed by atoms with E-state index in [1.165, 1.54) is 12.1 Å². The minimum absolute atomic E-state index is 0.0871. The molecule has 2 nitrogen and oxygen atoms in total. The molecule has 3 rings (SSSR count). The molecule has 0 radical (unpaired) electrons. The SMILES string of the molecule is NCC(Cc1cccc(C(F)(F)F)c1)c1nc2ccccc2s1. The lowest BCUT2D eigenvalue weighted by atomic mass is 9.98. The Balaban J connectivity index is 1.87. The number of fused-ring (bicyclic) bond motifs is 1. The zero-order valence-electron chi connectivity index (χ0n) is 12.2. The van der Waals surface area contributed by atoms with E-state index < -0.39 is 11.7 Å². The van der Waals surface area contributed by atoms with Crippen LogP contribution in [0.15, 0.2) is 48.5 Å².